The monoisotopic (exact) mass is 513 g/mol. The van der Waals surface area contributed by atoms with Gasteiger partial charge >= 0.3 is 0 Å². The molecule has 3 aromatic carbocycles. The molecule has 1 unspecified atom stereocenters. The second-order valence-electron chi connectivity index (χ2n) is 9.13. The van der Waals surface area contributed by atoms with Crippen LogP contribution in [0, 0.1) is 0 Å². The van der Waals surface area contributed by atoms with E-state index in [2.05, 4.69) is 37.4 Å². The van der Waals surface area contributed by atoms with E-state index in [1.165, 1.54) is 6.42 Å². The van der Waals surface area contributed by atoms with E-state index in [9.17, 15) is 0 Å². The Morgan fingerprint density at radius 3 is 2.43 bits per heavy atom. The van der Waals surface area contributed by atoms with Crippen LogP contribution in [0.5, 0.6) is 5.75 Å². The van der Waals surface area contributed by atoms with Gasteiger partial charge in [0.2, 0.25) is 11.9 Å². The third kappa shape index (κ3) is 5.16. The molecule has 6 rings (SSSR count). The number of nitrogens with zero attached hydrogens (tertiary/aromatic N) is 5. The van der Waals surface area contributed by atoms with E-state index in [4.69, 9.17) is 26.3 Å². The van der Waals surface area contributed by atoms with Crippen molar-refractivity contribution in [2.24, 2.45) is 4.99 Å². The van der Waals surface area contributed by atoms with E-state index in [0.717, 1.165) is 54.4 Å². The van der Waals surface area contributed by atoms with Crippen LogP contribution in [0.25, 0.3) is 0 Å². The number of benzene rings is 3. The minimum atomic E-state index is -0.171. The topological polar surface area (TPSA) is 79.6 Å². The van der Waals surface area contributed by atoms with E-state index >= 15 is 0 Å². The molecule has 0 bridgehead atoms. The van der Waals surface area contributed by atoms with Crippen LogP contribution in [0.3, 0.4) is 0 Å². The van der Waals surface area contributed by atoms with Crippen LogP contribution in [0.4, 0.5) is 17.6 Å². The molecule has 2 aliphatic heterocycles. The number of nitrogens with one attached hydrogen (secondary N) is 2. The van der Waals surface area contributed by atoms with Crippen LogP contribution in [0.1, 0.15) is 36.6 Å². The molecule has 2 N–H and O–H groups in total. The first-order chi connectivity index (χ1) is 18.2. The lowest BCUT2D eigenvalue weighted by molar-refractivity contribution is 0.306. The summed E-state index contributed by atoms with van der Waals surface area (Å²) in [7, 11) is 0. The fourth-order valence-corrected chi connectivity index (χ4v) is 4.87. The number of hydrazine groups is 1. The Kier molecular flexibility index (Phi) is 6.75. The highest BCUT2D eigenvalue weighted by atomic mass is 35.5. The first-order valence-corrected chi connectivity index (χ1v) is 13.0. The lowest BCUT2D eigenvalue weighted by atomic mass is 10.1. The number of halogens is 1. The van der Waals surface area contributed by atoms with Gasteiger partial charge < -0.3 is 9.64 Å². The number of piperidine rings is 1. The lowest BCUT2D eigenvalue weighted by Gasteiger charge is -2.30. The van der Waals surface area contributed by atoms with Crippen molar-refractivity contribution in [3.8, 4) is 5.75 Å². The molecular formula is C28H28ClN7O. The van der Waals surface area contributed by atoms with Crippen LogP contribution in [0.15, 0.2) is 83.9 Å². The van der Waals surface area contributed by atoms with Crippen molar-refractivity contribution in [1.29, 1.82) is 0 Å². The fraction of sp³-hybridized carbons (Fsp3) is 0.250. The average molecular weight is 514 g/mol. The smallest absolute Gasteiger partial charge is 0.256 e. The summed E-state index contributed by atoms with van der Waals surface area (Å²) in [5.41, 5.74) is 9.92. The Bertz CT molecular complexity index is 1430. The number of fused-ring (bicyclic) bond motifs is 1. The number of hydrogen-bond donors (Lipinski definition) is 2. The van der Waals surface area contributed by atoms with Gasteiger partial charge in [0.25, 0.3) is 5.62 Å². The number of hydrogen-bond acceptors (Lipinski definition) is 7. The molecule has 0 spiro atoms. The van der Waals surface area contributed by atoms with E-state index in [0.29, 0.717) is 23.2 Å². The highest BCUT2D eigenvalue weighted by Crippen LogP contribution is 2.31. The molecule has 3 heterocycles. The third-order valence-electron chi connectivity index (χ3n) is 6.60. The molecule has 8 nitrogen and oxygen atoms in total. The van der Waals surface area contributed by atoms with Gasteiger partial charge in [-0.3, -0.25) is 9.99 Å². The Labute approximate surface area is 220 Å². The largest absolute Gasteiger partial charge is 0.489 e. The molecular weight excluding hydrogens is 486 g/mol. The van der Waals surface area contributed by atoms with Crippen molar-refractivity contribution in [3.63, 3.8) is 0 Å². The van der Waals surface area contributed by atoms with Crippen LogP contribution >= 0.6 is 11.6 Å². The Hall–Kier alpha value is -3.88. The maximum Gasteiger partial charge on any atom is 0.256 e. The standard InChI is InChI=1S/C28H28ClN7O/c29-24-12-6-5-9-21(24)19-37-23-15-13-20(14-16-23)25-33-34-27-31-26(30-22-10-3-1-4-11-22)32-28(36(25)27)35-17-7-2-8-18-35/h1,3-6,9-16,25,33H,2,7-8,17-19H2,(H,30,31,34). The molecule has 0 aliphatic carbocycles. The molecule has 1 saturated heterocycles. The van der Waals surface area contributed by atoms with Crippen molar-refractivity contribution in [2.45, 2.75) is 32.0 Å². The maximum atomic E-state index is 6.26. The van der Waals surface area contributed by atoms with E-state index in [-0.39, 0.29) is 6.17 Å². The van der Waals surface area contributed by atoms with Gasteiger partial charge in [-0.1, -0.05) is 60.1 Å². The molecule has 0 saturated carbocycles. The second-order valence-corrected chi connectivity index (χ2v) is 9.54. The number of anilines is 2. The zero-order valence-corrected chi connectivity index (χ0v) is 21.1. The third-order valence-corrected chi connectivity index (χ3v) is 6.97. The molecule has 1 fully saturated rings. The summed E-state index contributed by atoms with van der Waals surface area (Å²) in [6.45, 7) is 2.34. The maximum absolute atomic E-state index is 6.26. The van der Waals surface area contributed by atoms with Gasteiger partial charge in [0.05, 0.1) is 5.69 Å². The summed E-state index contributed by atoms with van der Waals surface area (Å²) >= 11 is 6.26. The minimum absolute atomic E-state index is 0.171. The highest BCUT2D eigenvalue weighted by molar-refractivity contribution is 6.31. The summed E-state index contributed by atoms with van der Waals surface area (Å²) < 4.78 is 8.10. The number of aromatic nitrogens is 3. The molecule has 188 valence electrons. The van der Waals surface area contributed by atoms with E-state index in [1.807, 2.05) is 66.7 Å². The summed E-state index contributed by atoms with van der Waals surface area (Å²) in [4.78, 5) is 16.7. The highest BCUT2D eigenvalue weighted by Gasteiger charge is 2.29. The molecule has 1 aromatic heterocycles. The second kappa shape index (κ2) is 10.6. The van der Waals surface area contributed by atoms with Crippen LogP contribution in [0.2, 0.25) is 5.02 Å². The van der Waals surface area contributed by atoms with Gasteiger partial charge in [-0.05, 0) is 55.2 Å². The van der Waals surface area contributed by atoms with Crippen molar-refractivity contribution in [3.05, 3.63) is 101 Å². The molecule has 2 aliphatic rings. The summed E-state index contributed by atoms with van der Waals surface area (Å²) in [6, 6.07) is 25.6. The van der Waals surface area contributed by atoms with Crippen molar-refractivity contribution in [1.82, 2.24) is 20.0 Å². The Balaban J connectivity index is 1.30. The Morgan fingerprint density at radius 2 is 1.65 bits per heavy atom. The predicted octanol–water partition coefficient (Wildman–Crippen LogP) is 5.21. The zero-order valence-electron chi connectivity index (χ0n) is 20.3. The average Bonchev–Trinajstić information content (AvgIpc) is 3.37. The van der Waals surface area contributed by atoms with Crippen LogP contribution < -0.4 is 26.1 Å². The molecule has 0 radical (unpaired) electrons. The van der Waals surface area contributed by atoms with Crippen molar-refractivity contribution in [2.75, 3.05) is 23.4 Å². The fourth-order valence-electron chi connectivity index (χ4n) is 4.68. The first-order valence-electron chi connectivity index (χ1n) is 12.6. The summed E-state index contributed by atoms with van der Waals surface area (Å²) in [5, 5.41) is 0.706. The van der Waals surface area contributed by atoms with E-state index in [1.54, 1.807) is 0 Å². The molecule has 4 aromatic rings. The number of rotatable bonds is 6. The quantitative estimate of drug-likeness (QED) is 0.368. The van der Waals surface area contributed by atoms with Gasteiger partial charge in [-0.25, -0.2) is 10.4 Å². The van der Waals surface area contributed by atoms with Gasteiger partial charge in [0.15, 0.2) is 0 Å². The SMILES string of the molecule is Clc1ccccc1COc1ccc(C2NNc3nc(=Nc4ccccc4)nc(N4CCCCC4)n32)cc1. The summed E-state index contributed by atoms with van der Waals surface area (Å²) in [5.74, 6) is 2.33. The van der Waals surface area contributed by atoms with Gasteiger partial charge in [-0.2, -0.15) is 9.97 Å². The van der Waals surface area contributed by atoms with Gasteiger partial charge in [-0.15, -0.1) is 0 Å². The normalized spacial score (nSPS) is 17.4. The van der Waals surface area contributed by atoms with Crippen LogP contribution in [-0.2, 0) is 6.61 Å². The lowest BCUT2D eigenvalue weighted by Crippen LogP contribution is -2.36. The van der Waals surface area contributed by atoms with Gasteiger partial charge in [0.1, 0.15) is 18.5 Å². The number of para-hydroxylation sites is 1. The minimum Gasteiger partial charge on any atom is -0.489 e. The summed E-state index contributed by atoms with van der Waals surface area (Å²) in [6.07, 6.45) is 3.36. The molecule has 1 atom stereocenters. The van der Waals surface area contributed by atoms with E-state index < -0.39 is 0 Å². The molecule has 37 heavy (non-hydrogen) atoms. The first kappa shape index (κ1) is 23.5. The Morgan fingerprint density at radius 1 is 0.892 bits per heavy atom. The zero-order chi connectivity index (χ0) is 25.0. The van der Waals surface area contributed by atoms with Crippen LogP contribution in [-0.4, -0.2) is 27.6 Å². The molecule has 0 amide bonds. The van der Waals surface area contributed by atoms with Crippen molar-refractivity contribution >= 4 is 29.2 Å². The van der Waals surface area contributed by atoms with Gasteiger partial charge in [0, 0.05) is 23.7 Å². The number of ether oxygens (including phenoxy) is 1. The predicted molar refractivity (Wildman–Crippen MR) is 145 cm³/mol. The van der Waals surface area contributed by atoms with Crippen molar-refractivity contribution < 1.29 is 4.74 Å². The molecule has 9 heteroatoms.